The number of halogens is 2. The zero-order chi connectivity index (χ0) is 30.9. The molecular weight excluding hydrogens is 623 g/mol. The fourth-order valence-corrected chi connectivity index (χ4v) is 9.56. The van der Waals surface area contributed by atoms with E-state index in [0.29, 0.717) is 42.4 Å². The molecule has 10 nitrogen and oxygen atoms in total. The average Bonchev–Trinajstić information content (AvgIpc) is 3.88. The van der Waals surface area contributed by atoms with Crippen molar-refractivity contribution in [2.24, 2.45) is 0 Å². The first kappa shape index (κ1) is 29.8. The van der Waals surface area contributed by atoms with Crippen LogP contribution in [-0.4, -0.2) is 90.6 Å². The molecule has 1 N–H and O–H groups in total. The number of likely N-dealkylation sites (tertiary alicyclic amines) is 1. The number of sulfone groups is 1. The van der Waals surface area contributed by atoms with Crippen LogP contribution in [0, 0.1) is 11.3 Å². The van der Waals surface area contributed by atoms with Crippen molar-refractivity contribution in [2.75, 3.05) is 37.6 Å². The minimum absolute atomic E-state index is 0.000370. The minimum Gasteiger partial charge on any atom is -0.369 e. The Kier molecular flexibility index (Phi) is 7.35. The zero-order valence-electron chi connectivity index (χ0n) is 24.2. The van der Waals surface area contributed by atoms with Crippen LogP contribution in [0.25, 0.3) is 0 Å². The van der Waals surface area contributed by atoms with Crippen LogP contribution in [0.3, 0.4) is 0 Å². The van der Waals surface area contributed by atoms with Gasteiger partial charge in [0, 0.05) is 44.1 Å². The molecule has 4 heterocycles. The molecule has 13 heteroatoms. The fraction of sp³-hybridized carbons (Fsp3) is 0.548. The Morgan fingerprint density at radius 2 is 1.84 bits per heavy atom. The summed E-state index contributed by atoms with van der Waals surface area (Å²) in [7, 11) is -4.02. The molecule has 3 atom stereocenters. The van der Waals surface area contributed by atoms with Crippen molar-refractivity contribution in [3.8, 4) is 6.07 Å². The van der Waals surface area contributed by atoms with E-state index in [1.54, 1.807) is 30.5 Å². The van der Waals surface area contributed by atoms with Crippen LogP contribution in [0.2, 0.25) is 10.2 Å². The highest BCUT2D eigenvalue weighted by atomic mass is 35.5. The number of nitrogens with zero attached hydrogens (tertiary/aromatic N) is 5. The number of aromatic nitrogens is 1. The number of piperazine rings is 1. The number of amides is 2. The number of rotatable bonds is 7. The van der Waals surface area contributed by atoms with Gasteiger partial charge < -0.3 is 15.1 Å². The SMILES string of the molecule is N#CC1(NC(=O)[C@@H]2CC(S(=O)(=O)c3ccc(N4CCN5CCCC5C4)cc3Cl)CN2C(=O)C2(c3ccc(Cl)nc3)CC2)CC1. The lowest BCUT2D eigenvalue weighted by atomic mass is 9.95. The van der Waals surface area contributed by atoms with Gasteiger partial charge in [-0.2, -0.15) is 5.26 Å². The Morgan fingerprint density at radius 3 is 2.50 bits per heavy atom. The number of benzene rings is 1. The first-order valence-corrected chi connectivity index (χ1v) is 17.5. The Labute approximate surface area is 267 Å². The summed E-state index contributed by atoms with van der Waals surface area (Å²) in [6.45, 7) is 3.69. The number of hydrogen-bond donors (Lipinski definition) is 1. The van der Waals surface area contributed by atoms with E-state index < -0.39 is 38.0 Å². The van der Waals surface area contributed by atoms with Crippen LogP contribution in [-0.2, 0) is 24.8 Å². The number of pyridine rings is 1. The summed E-state index contributed by atoms with van der Waals surface area (Å²) in [6.07, 6.45) is 6.00. The number of anilines is 1. The maximum absolute atomic E-state index is 14.1. The Bertz CT molecular complexity index is 1650. The summed E-state index contributed by atoms with van der Waals surface area (Å²) in [5.74, 6) is -0.818. The molecule has 3 aliphatic heterocycles. The highest BCUT2D eigenvalue weighted by Gasteiger charge is 2.58. The quantitative estimate of drug-likeness (QED) is 0.450. The van der Waals surface area contributed by atoms with E-state index in [9.17, 15) is 23.3 Å². The van der Waals surface area contributed by atoms with E-state index in [1.807, 2.05) is 6.07 Å². The summed E-state index contributed by atoms with van der Waals surface area (Å²) in [6, 6.07) is 10.1. The first-order valence-electron chi connectivity index (χ1n) is 15.2. The monoisotopic (exact) mass is 656 g/mol. The van der Waals surface area contributed by atoms with Crippen molar-refractivity contribution in [3.63, 3.8) is 0 Å². The summed E-state index contributed by atoms with van der Waals surface area (Å²) in [5.41, 5.74) is -0.266. The van der Waals surface area contributed by atoms with Crippen molar-refractivity contribution in [1.82, 2.24) is 20.1 Å². The predicted octanol–water partition coefficient (Wildman–Crippen LogP) is 3.32. The van der Waals surface area contributed by atoms with Gasteiger partial charge in [-0.3, -0.25) is 14.5 Å². The van der Waals surface area contributed by atoms with Gasteiger partial charge >= 0.3 is 0 Å². The highest BCUT2D eigenvalue weighted by Crippen LogP contribution is 2.51. The number of fused-ring (bicyclic) bond motifs is 1. The van der Waals surface area contributed by atoms with Gasteiger partial charge in [0.1, 0.15) is 16.7 Å². The van der Waals surface area contributed by atoms with Gasteiger partial charge in [-0.05, 0) is 81.3 Å². The molecule has 0 spiro atoms. The molecule has 7 rings (SSSR count). The van der Waals surface area contributed by atoms with Gasteiger partial charge in [0.2, 0.25) is 11.8 Å². The Balaban J connectivity index is 1.15. The lowest BCUT2D eigenvalue weighted by molar-refractivity contribution is -0.140. The van der Waals surface area contributed by atoms with Gasteiger partial charge in [0.25, 0.3) is 0 Å². The first-order chi connectivity index (χ1) is 21.0. The maximum Gasteiger partial charge on any atom is 0.244 e. The number of carbonyl (C=O) groups is 2. The second kappa shape index (κ2) is 10.9. The van der Waals surface area contributed by atoms with Crippen molar-refractivity contribution < 1.29 is 18.0 Å². The predicted molar refractivity (Wildman–Crippen MR) is 165 cm³/mol. The van der Waals surface area contributed by atoms with E-state index >= 15 is 0 Å². The van der Waals surface area contributed by atoms with E-state index in [1.165, 1.54) is 11.3 Å². The standard InChI is InChI=1S/C31H34Cl2N6O4S/c32-24-14-21(38-13-12-37-11-1-2-22(37)17-38)4-5-26(24)44(42,43)23-15-25(28(40)36-30(19-34)7-8-30)39(18-23)29(41)31(9-10-31)20-3-6-27(33)35-16-20/h3-6,14,16,22-23,25H,1-2,7-13,15,17-18H2,(H,36,40)/t22?,23?,25-/m0/s1. The van der Waals surface area contributed by atoms with Crippen LogP contribution in [0.1, 0.15) is 50.5 Å². The summed E-state index contributed by atoms with van der Waals surface area (Å²) < 4.78 is 28.2. The molecule has 2 saturated carbocycles. The number of nitriles is 1. The number of carbonyl (C=O) groups excluding carboxylic acids is 2. The third-order valence-corrected chi connectivity index (χ3v) is 13.0. The number of nitrogens with one attached hydrogen (secondary N) is 1. The van der Waals surface area contributed by atoms with Crippen LogP contribution in [0.4, 0.5) is 5.69 Å². The van der Waals surface area contributed by atoms with Crippen LogP contribution in [0.15, 0.2) is 41.4 Å². The third-order valence-electron chi connectivity index (χ3n) is 10.2. The van der Waals surface area contributed by atoms with Gasteiger partial charge in [-0.15, -0.1) is 0 Å². The molecule has 2 aromatic rings. The molecule has 1 aromatic heterocycles. The topological polar surface area (TPSA) is 127 Å². The Hall–Kier alpha value is -2.91. The van der Waals surface area contributed by atoms with Crippen molar-refractivity contribution in [2.45, 2.75) is 78.1 Å². The van der Waals surface area contributed by atoms with E-state index in [0.717, 1.165) is 38.3 Å². The van der Waals surface area contributed by atoms with Crippen molar-refractivity contribution in [1.29, 1.82) is 5.26 Å². The van der Waals surface area contributed by atoms with Crippen LogP contribution < -0.4 is 10.2 Å². The largest absolute Gasteiger partial charge is 0.369 e. The molecule has 2 unspecified atom stereocenters. The molecule has 0 radical (unpaired) electrons. The molecule has 2 aliphatic carbocycles. The average molecular weight is 658 g/mol. The zero-order valence-corrected chi connectivity index (χ0v) is 26.5. The lowest BCUT2D eigenvalue weighted by Gasteiger charge is -2.39. The minimum atomic E-state index is -4.02. The van der Waals surface area contributed by atoms with Crippen molar-refractivity contribution in [3.05, 3.63) is 52.3 Å². The van der Waals surface area contributed by atoms with Crippen LogP contribution >= 0.6 is 23.2 Å². The lowest BCUT2D eigenvalue weighted by Crippen LogP contribution is -2.51. The molecule has 232 valence electrons. The molecule has 5 aliphatic rings. The van der Waals surface area contributed by atoms with Crippen LogP contribution in [0.5, 0.6) is 0 Å². The molecule has 5 fully saturated rings. The molecule has 3 saturated heterocycles. The normalized spacial score (nSPS) is 27.0. The van der Waals surface area contributed by atoms with Gasteiger partial charge in [0.15, 0.2) is 9.84 Å². The maximum atomic E-state index is 14.1. The summed E-state index contributed by atoms with van der Waals surface area (Å²) in [5, 5.41) is 11.8. The summed E-state index contributed by atoms with van der Waals surface area (Å²) in [4.78, 5) is 38.0. The second-order valence-corrected chi connectivity index (χ2v) is 15.9. The smallest absolute Gasteiger partial charge is 0.244 e. The second-order valence-electron chi connectivity index (χ2n) is 12.9. The highest BCUT2D eigenvalue weighted by molar-refractivity contribution is 7.92. The molecular formula is C31H34Cl2N6O4S. The molecule has 1 aromatic carbocycles. The fourth-order valence-electron chi connectivity index (χ4n) is 7.21. The Morgan fingerprint density at radius 1 is 1.05 bits per heavy atom. The summed E-state index contributed by atoms with van der Waals surface area (Å²) >= 11 is 12.7. The van der Waals surface area contributed by atoms with Gasteiger partial charge in [-0.25, -0.2) is 13.4 Å². The molecule has 2 amide bonds. The van der Waals surface area contributed by atoms with Gasteiger partial charge in [0.05, 0.1) is 26.7 Å². The van der Waals surface area contributed by atoms with Gasteiger partial charge in [-0.1, -0.05) is 29.3 Å². The third kappa shape index (κ3) is 5.14. The molecule has 44 heavy (non-hydrogen) atoms. The number of hydrogen-bond acceptors (Lipinski definition) is 8. The van der Waals surface area contributed by atoms with E-state index in [2.05, 4.69) is 26.2 Å². The van der Waals surface area contributed by atoms with E-state index in [-0.39, 0.29) is 28.8 Å². The molecule has 0 bridgehead atoms. The van der Waals surface area contributed by atoms with Crippen molar-refractivity contribution >= 4 is 50.5 Å². The van der Waals surface area contributed by atoms with E-state index in [4.69, 9.17) is 23.2 Å².